The van der Waals surface area contributed by atoms with E-state index < -0.39 is 6.10 Å². The van der Waals surface area contributed by atoms with E-state index in [4.69, 9.17) is 9.47 Å². The molecule has 0 aliphatic rings. The summed E-state index contributed by atoms with van der Waals surface area (Å²) in [4.78, 5) is 24.2. The van der Waals surface area contributed by atoms with E-state index in [1.165, 1.54) is 77.0 Å². The van der Waals surface area contributed by atoms with Gasteiger partial charge >= 0.3 is 11.9 Å². The van der Waals surface area contributed by atoms with Crippen molar-refractivity contribution in [1.29, 1.82) is 0 Å². The highest BCUT2D eigenvalue weighted by molar-refractivity contribution is 5.70. The molecule has 52 heavy (non-hydrogen) atoms. The molecule has 0 aliphatic heterocycles. The molecular weight excluding hydrogens is 645 g/mol. The summed E-state index contributed by atoms with van der Waals surface area (Å²) in [5, 5.41) is 9.55. The molecule has 1 atom stereocenters. The van der Waals surface area contributed by atoms with Crippen molar-refractivity contribution in [1.82, 2.24) is 0 Å². The van der Waals surface area contributed by atoms with Crippen LogP contribution in [0.5, 0.6) is 0 Å². The molecule has 0 saturated carbocycles. The maximum Gasteiger partial charge on any atom is 0.306 e. The van der Waals surface area contributed by atoms with Crippen LogP contribution in [0.25, 0.3) is 0 Å². The third kappa shape index (κ3) is 39.6. The Morgan fingerprint density at radius 1 is 0.442 bits per heavy atom. The van der Waals surface area contributed by atoms with Gasteiger partial charge in [0, 0.05) is 12.8 Å². The van der Waals surface area contributed by atoms with Crippen LogP contribution in [0.15, 0.2) is 97.2 Å². The number of ether oxygens (including phenoxy) is 2. The highest BCUT2D eigenvalue weighted by Gasteiger charge is 2.15. The topological polar surface area (TPSA) is 72.8 Å². The molecule has 0 unspecified atom stereocenters. The molecule has 294 valence electrons. The number of hydrogen-bond acceptors (Lipinski definition) is 5. The Morgan fingerprint density at radius 2 is 0.769 bits per heavy atom. The fourth-order valence-electron chi connectivity index (χ4n) is 5.18. The largest absolute Gasteiger partial charge is 0.462 e. The van der Waals surface area contributed by atoms with Crippen molar-refractivity contribution in [3.05, 3.63) is 97.2 Å². The SMILES string of the molecule is CCCCC/C=C/C/C=C/C/C=C/C/C=C/CCCC(=O)O[C@@H](CO)COC(=O)CCC/C=C/C/C=C/C/C=C/C/C=C/CCCCCCCCC. The van der Waals surface area contributed by atoms with Gasteiger partial charge in [0.05, 0.1) is 6.61 Å². The Balaban J connectivity index is 3.77. The zero-order valence-electron chi connectivity index (χ0n) is 33.3. The molecule has 0 heterocycles. The smallest absolute Gasteiger partial charge is 0.306 e. The van der Waals surface area contributed by atoms with Gasteiger partial charge in [0.15, 0.2) is 6.10 Å². The van der Waals surface area contributed by atoms with Crippen LogP contribution in [0, 0.1) is 0 Å². The average Bonchev–Trinajstić information content (AvgIpc) is 3.15. The lowest BCUT2D eigenvalue weighted by molar-refractivity contribution is -0.161. The third-order valence-electron chi connectivity index (χ3n) is 8.35. The third-order valence-corrected chi connectivity index (χ3v) is 8.35. The van der Waals surface area contributed by atoms with Crippen LogP contribution in [-0.2, 0) is 19.1 Å². The van der Waals surface area contributed by atoms with Gasteiger partial charge in [-0.25, -0.2) is 0 Å². The Kier molecular flexibility index (Phi) is 39.7. The number of hydrogen-bond donors (Lipinski definition) is 1. The van der Waals surface area contributed by atoms with Crippen LogP contribution >= 0.6 is 0 Å². The van der Waals surface area contributed by atoms with E-state index in [-0.39, 0.29) is 31.6 Å². The van der Waals surface area contributed by atoms with Gasteiger partial charge in [-0.1, -0.05) is 162 Å². The van der Waals surface area contributed by atoms with Crippen molar-refractivity contribution >= 4 is 11.9 Å². The van der Waals surface area contributed by atoms with Gasteiger partial charge in [-0.05, 0) is 89.9 Å². The first-order chi connectivity index (χ1) is 25.6. The predicted octanol–water partition coefficient (Wildman–Crippen LogP) is 13.3. The highest BCUT2D eigenvalue weighted by atomic mass is 16.6. The lowest BCUT2D eigenvalue weighted by Crippen LogP contribution is -2.28. The van der Waals surface area contributed by atoms with Gasteiger partial charge in [0.2, 0.25) is 0 Å². The van der Waals surface area contributed by atoms with Crippen LogP contribution in [0.4, 0.5) is 0 Å². The maximum atomic E-state index is 12.2. The lowest BCUT2D eigenvalue weighted by atomic mass is 10.1. The van der Waals surface area contributed by atoms with Gasteiger partial charge in [0.1, 0.15) is 6.61 Å². The molecule has 1 N–H and O–H groups in total. The molecule has 0 saturated heterocycles. The van der Waals surface area contributed by atoms with Gasteiger partial charge in [-0.3, -0.25) is 9.59 Å². The second kappa shape index (κ2) is 42.2. The fourth-order valence-corrected chi connectivity index (χ4v) is 5.18. The summed E-state index contributed by atoms with van der Waals surface area (Å²) in [5.41, 5.74) is 0. The van der Waals surface area contributed by atoms with Gasteiger partial charge < -0.3 is 14.6 Å². The number of aliphatic hydroxyl groups excluding tert-OH is 1. The Bertz CT molecular complexity index is 1040. The summed E-state index contributed by atoms with van der Waals surface area (Å²) in [6, 6.07) is 0. The number of carbonyl (C=O) groups excluding carboxylic acids is 2. The first-order valence-corrected chi connectivity index (χ1v) is 20.8. The molecule has 0 aromatic rings. The monoisotopic (exact) mass is 721 g/mol. The summed E-state index contributed by atoms with van der Waals surface area (Å²) in [7, 11) is 0. The number of unbranched alkanes of at least 4 members (excludes halogenated alkanes) is 12. The van der Waals surface area contributed by atoms with Gasteiger partial charge in [-0.2, -0.15) is 0 Å². The summed E-state index contributed by atoms with van der Waals surface area (Å²) < 4.78 is 10.5. The average molecular weight is 721 g/mol. The molecule has 0 aromatic carbocycles. The molecule has 0 fully saturated rings. The van der Waals surface area contributed by atoms with Crippen LogP contribution in [0.2, 0.25) is 0 Å². The summed E-state index contributed by atoms with van der Waals surface area (Å²) in [5.74, 6) is -0.731. The second-order valence-electron chi connectivity index (χ2n) is 13.4. The molecule has 0 rings (SSSR count). The molecule has 0 amide bonds. The fraction of sp³-hybridized carbons (Fsp3) is 0.617. The van der Waals surface area contributed by atoms with Crippen molar-refractivity contribution in [3.8, 4) is 0 Å². The zero-order valence-corrected chi connectivity index (χ0v) is 33.3. The van der Waals surface area contributed by atoms with Crippen LogP contribution < -0.4 is 0 Å². The standard InChI is InChI=1S/C47H76O5/c1-3-5-7-9-11-13-15-17-19-21-22-23-24-26-27-29-31-33-35-37-39-41-46(49)51-44-45(43-48)52-47(50)42-40-38-36-34-32-30-28-25-20-18-16-14-12-10-8-6-4-2/h12,14,18-21,23-24,27-30,33-36,45,48H,3-11,13,15-17,22,25-26,31-32,37-44H2,1-2H3/b14-12+,20-18+,21-19+,24-23+,29-27+,30-28+,35-33+,36-34+/t45-/m0/s1. The minimum absolute atomic E-state index is 0.122. The van der Waals surface area contributed by atoms with Crippen molar-refractivity contribution < 1.29 is 24.2 Å². The number of allylic oxidation sites excluding steroid dienone is 16. The van der Waals surface area contributed by atoms with E-state index in [1.54, 1.807) is 0 Å². The Hall–Kier alpha value is -3.18. The molecule has 5 nitrogen and oxygen atoms in total. The van der Waals surface area contributed by atoms with Gasteiger partial charge in [-0.15, -0.1) is 0 Å². The van der Waals surface area contributed by atoms with Crippen molar-refractivity contribution in [2.75, 3.05) is 13.2 Å². The highest BCUT2D eigenvalue weighted by Crippen LogP contribution is 2.09. The van der Waals surface area contributed by atoms with Crippen LogP contribution in [-0.4, -0.2) is 36.4 Å². The number of esters is 2. The summed E-state index contributed by atoms with van der Waals surface area (Å²) in [6.07, 6.45) is 59.1. The molecule has 0 spiro atoms. The molecule has 5 heteroatoms. The van der Waals surface area contributed by atoms with Crippen LogP contribution in [0.1, 0.15) is 168 Å². The zero-order chi connectivity index (χ0) is 37.8. The second-order valence-corrected chi connectivity index (χ2v) is 13.4. The van der Waals surface area contributed by atoms with E-state index in [2.05, 4.69) is 111 Å². The van der Waals surface area contributed by atoms with E-state index in [0.717, 1.165) is 51.4 Å². The Morgan fingerprint density at radius 3 is 1.19 bits per heavy atom. The minimum atomic E-state index is -0.828. The minimum Gasteiger partial charge on any atom is -0.462 e. The summed E-state index contributed by atoms with van der Waals surface area (Å²) in [6.45, 7) is 4.00. The van der Waals surface area contributed by atoms with Crippen molar-refractivity contribution in [3.63, 3.8) is 0 Å². The first-order valence-electron chi connectivity index (χ1n) is 20.8. The van der Waals surface area contributed by atoms with Crippen molar-refractivity contribution in [2.24, 2.45) is 0 Å². The molecule has 0 bridgehead atoms. The lowest BCUT2D eigenvalue weighted by Gasteiger charge is -2.15. The Labute approximate surface area is 319 Å². The molecular formula is C47H76O5. The molecule has 0 radical (unpaired) electrons. The predicted molar refractivity (Wildman–Crippen MR) is 223 cm³/mol. The van der Waals surface area contributed by atoms with Crippen LogP contribution in [0.3, 0.4) is 0 Å². The van der Waals surface area contributed by atoms with E-state index in [1.807, 2.05) is 0 Å². The number of aliphatic hydroxyl groups is 1. The number of carbonyl (C=O) groups is 2. The first kappa shape index (κ1) is 48.8. The molecule has 0 aromatic heterocycles. The quantitative estimate of drug-likeness (QED) is 0.0396. The maximum absolute atomic E-state index is 12.2. The van der Waals surface area contributed by atoms with Gasteiger partial charge in [0.25, 0.3) is 0 Å². The molecule has 0 aliphatic carbocycles. The van der Waals surface area contributed by atoms with Crippen molar-refractivity contribution in [2.45, 2.75) is 174 Å². The summed E-state index contributed by atoms with van der Waals surface area (Å²) >= 11 is 0. The van der Waals surface area contributed by atoms with E-state index in [0.29, 0.717) is 19.3 Å². The normalized spacial score (nSPS) is 13.2. The van der Waals surface area contributed by atoms with E-state index >= 15 is 0 Å². The number of rotatable bonds is 36. The van der Waals surface area contributed by atoms with E-state index in [9.17, 15) is 14.7 Å².